The molecule has 0 amide bonds. The summed E-state index contributed by atoms with van der Waals surface area (Å²) in [7, 11) is -1.56. The Labute approximate surface area is 116 Å². The second-order valence-electron chi connectivity index (χ2n) is 4.15. The van der Waals surface area contributed by atoms with E-state index in [-0.39, 0.29) is 15.1 Å². The number of pyridine rings is 1. The summed E-state index contributed by atoms with van der Waals surface area (Å²) in [5.74, 6) is 0. The van der Waals surface area contributed by atoms with Crippen LogP contribution < -0.4 is 0 Å². The number of hydrogen-bond acceptors (Lipinski definition) is 4. The molecular formula is C10H13Cl2N3O2S. The van der Waals surface area contributed by atoms with Crippen LogP contribution in [0.15, 0.2) is 17.2 Å². The number of piperazine rings is 1. The first-order valence-electron chi connectivity index (χ1n) is 5.41. The summed E-state index contributed by atoms with van der Waals surface area (Å²) in [6, 6.07) is 1.34. The molecule has 5 nitrogen and oxygen atoms in total. The van der Waals surface area contributed by atoms with E-state index in [4.69, 9.17) is 23.2 Å². The fourth-order valence-corrected chi connectivity index (χ4v) is 3.45. The zero-order chi connectivity index (χ0) is 13.3. The highest BCUT2D eigenvalue weighted by molar-refractivity contribution is 7.89. The van der Waals surface area contributed by atoms with E-state index in [1.54, 1.807) is 0 Å². The molecule has 1 fully saturated rings. The fraction of sp³-hybridized carbons (Fsp3) is 0.500. The molecule has 1 saturated heterocycles. The summed E-state index contributed by atoms with van der Waals surface area (Å²) in [5.41, 5.74) is 0. The van der Waals surface area contributed by atoms with Gasteiger partial charge in [-0.25, -0.2) is 13.4 Å². The average molecular weight is 310 g/mol. The molecule has 0 bridgehead atoms. The molecule has 1 aliphatic rings. The number of nitrogens with zero attached hydrogens (tertiary/aromatic N) is 3. The van der Waals surface area contributed by atoms with Crippen LogP contribution in [-0.2, 0) is 10.0 Å². The molecule has 0 radical (unpaired) electrons. The summed E-state index contributed by atoms with van der Waals surface area (Å²) in [6.07, 6.45) is 1.24. The minimum Gasteiger partial charge on any atom is -0.304 e. The number of rotatable bonds is 2. The molecule has 2 heterocycles. The van der Waals surface area contributed by atoms with Gasteiger partial charge in [0.25, 0.3) is 0 Å². The molecule has 0 spiro atoms. The minimum atomic E-state index is -3.52. The molecule has 0 N–H and O–H groups in total. The van der Waals surface area contributed by atoms with E-state index in [1.807, 2.05) is 7.05 Å². The number of aromatic nitrogens is 1. The van der Waals surface area contributed by atoms with E-state index < -0.39 is 10.0 Å². The summed E-state index contributed by atoms with van der Waals surface area (Å²) in [6.45, 7) is 2.38. The Hall–Kier alpha value is -0.400. The topological polar surface area (TPSA) is 53.5 Å². The number of hydrogen-bond donors (Lipinski definition) is 0. The van der Waals surface area contributed by atoms with E-state index in [2.05, 4.69) is 9.88 Å². The van der Waals surface area contributed by atoms with Crippen LogP contribution in [0.5, 0.6) is 0 Å². The van der Waals surface area contributed by atoms with Crippen LogP contribution in [0.3, 0.4) is 0 Å². The van der Waals surface area contributed by atoms with Gasteiger partial charge in [-0.05, 0) is 13.1 Å². The summed E-state index contributed by atoms with van der Waals surface area (Å²) in [5, 5.41) is 0.251. The van der Waals surface area contributed by atoms with Gasteiger partial charge in [0.15, 0.2) is 0 Å². The van der Waals surface area contributed by atoms with Crippen molar-refractivity contribution in [2.24, 2.45) is 0 Å². The first-order chi connectivity index (χ1) is 8.41. The summed E-state index contributed by atoms with van der Waals surface area (Å²) < 4.78 is 26.1. The first kappa shape index (κ1) is 14.0. The number of halogens is 2. The van der Waals surface area contributed by atoms with Crippen molar-refractivity contribution in [1.82, 2.24) is 14.2 Å². The third-order valence-electron chi connectivity index (χ3n) is 2.87. The molecule has 0 atom stereocenters. The molecule has 0 saturated carbocycles. The second kappa shape index (κ2) is 5.30. The Kier molecular flexibility index (Phi) is 4.13. The fourth-order valence-electron chi connectivity index (χ4n) is 1.72. The van der Waals surface area contributed by atoms with Crippen LogP contribution >= 0.6 is 23.2 Å². The van der Waals surface area contributed by atoms with E-state index >= 15 is 0 Å². The van der Waals surface area contributed by atoms with Gasteiger partial charge in [0.2, 0.25) is 10.0 Å². The molecule has 1 aromatic heterocycles. The zero-order valence-electron chi connectivity index (χ0n) is 9.81. The lowest BCUT2D eigenvalue weighted by Crippen LogP contribution is -2.47. The molecule has 8 heteroatoms. The van der Waals surface area contributed by atoms with Crippen molar-refractivity contribution in [2.75, 3.05) is 33.2 Å². The normalized spacial score (nSPS) is 19.1. The van der Waals surface area contributed by atoms with Crippen molar-refractivity contribution in [3.63, 3.8) is 0 Å². The van der Waals surface area contributed by atoms with Crippen molar-refractivity contribution in [3.05, 3.63) is 22.4 Å². The predicted molar refractivity (Wildman–Crippen MR) is 70.5 cm³/mol. The SMILES string of the molecule is CN1CCN(S(=O)(=O)c2cnc(Cl)c(Cl)c2)CC1. The maximum absolute atomic E-state index is 12.3. The second-order valence-corrected chi connectivity index (χ2v) is 6.85. The summed E-state index contributed by atoms with van der Waals surface area (Å²) >= 11 is 11.5. The third kappa shape index (κ3) is 2.78. The lowest BCUT2D eigenvalue weighted by Gasteiger charge is -2.31. The van der Waals surface area contributed by atoms with E-state index in [0.717, 1.165) is 0 Å². The van der Waals surface area contributed by atoms with Gasteiger partial charge >= 0.3 is 0 Å². The molecular weight excluding hydrogens is 297 g/mol. The number of likely N-dealkylation sites (N-methyl/N-ethyl adjacent to an activating group) is 1. The Bertz CT molecular complexity index is 542. The molecule has 18 heavy (non-hydrogen) atoms. The van der Waals surface area contributed by atoms with Gasteiger partial charge < -0.3 is 4.90 Å². The van der Waals surface area contributed by atoms with Gasteiger partial charge in [0.1, 0.15) is 10.0 Å². The van der Waals surface area contributed by atoms with Crippen LogP contribution in [0.25, 0.3) is 0 Å². The van der Waals surface area contributed by atoms with Crippen LogP contribution in [0.1, 0.15) is 0 Å². The maximum Gasteiger partial charge on any atom is 0.244 e. The Morgan fingerprint density at radius 3 is 2.39 bits per heavy atom. The largest absolute Gasteiger partial charge is 0.304 e. The molecule has 0 unspecified atom stereocenters. The molecule has 1 aromatic rings. The van der Waals surface area contributed by atoms with E-state index in [9.17, 15) is 8.42 Å². The first-order valence-corrected chi connectivity index (χ1v) is 7.60. The van der Waals surface area contributed by atoms with Gasteiger partial charge in [-0.3, -0.25) is 0 Å². The van der Waals surface area contributed by atoms with Gasteiger partial charge in [0.05, 0.1) is 5.02 Å². The summed E-state index contributed by atoms with van der Waals surface area (Å²) in [4.78, 5) is 5.94. The van der Waals surface area contributed by atoms with Gasteiger partial charge in [0, 0.05) is 32.4 Å². The highest BCUT2D eigenvalue weighted by Crippen LogP contribution is 2.24. The third-order valence-corrected chi connectivity index (χ3v) is 5.42. The monoisotopic (exact) mass is 309 g/mol. The number of sulfonamides is 1. The van der Waals surface area contributed by atoms with Crippen molar-refractivity contribution in [2.45, 2.75) is 4.90 Å². The van der Waals surface area contributed by atoms with Gasteiger partial charge in [-0.2, -0.15) is 4.31 Å². The Morgan fingerprint density at radius 2 is 1.83 bits per heavy atom. The van der Waals surface area contributed by atoms with Crippen molar-refractivity contribution in [1.29, 1.82) is 0 Å². The quantitative estimate of drug-likeness (QED) is 0.773. The molecule has 0 aromatic carbocycles. The lowest BCUT2D eigenvalue weighted by atomic mass is 10.4. The smallest absolute Gasteiger partial charge is 0.244 e. The highest BCUT2D eigenvalue weighted by atomic mass is 35.5. The van der Waals surface area contributed by atoms with Crippen LogP contribution in [0.2, 0.25) is 10.2 Å². The average Bonchev–Trinajstić information content (AvgIpc) is 2.33. The lowest BCUT2D eigenvalue weighted by molar-refractivity contribution is 0.222. The molecule has 2 rings (SSSR count). The maximum atomic E-state index is 12.3. The van der Waals surface area contributed by atoms with Crippen LogP contribution in [0.4, 0.5) is 0 Å². The molecule has 100 valence electrons. The highest BCUT2D eigenvalue weighted by Gasteiger charge is 2.28. The predicted octanol–water partition coefficient (Wildman–Crippen LogP) is 1.32. The van der Waals surface area contributed by atoms with Gasteiger partial charge in [-0.1, -0.05) is 23.2 Å². The minimum absolute atomic E-state index is 0.0847. The van der Waals surface area contributed by atoms with Crippen molar-refractivity contribution >= 4 is 33.2 Å². The van der Waals surface area contributed by atoms with Crippen LogP contribution in [-0.4, -0.2) is 55.8 Å². The zero-order valence-corrected chi connectivity index (χ0v) is 12.1. The Morgan fingerprint density at radius 1 is 1.22 bits per heavy atom. The Balaban J connectivity index is 2.27. The van der Waals surface area contributed by atoms with E-state index in [1.165, 1.54) is 16.6 Å². The molecule has 0 aliphatic carbocycles. The van der Waals surface area contributed by atoms with Crippen molar-refractivity contribution < 1.29 is 8.42 Å². The van der Waals surface area contributed by atoms with Crippen LogP contribution in [0, 0.1) is 0 Å². The molecule has 1 aliphatic heterocycles. The van der Waals surface area contributed by atoms with Crippen molar-refractivity contribution in [3.8, 4) is 0 Å². The van der Waals surface area contributed by atoms with Gasteiger partial charge in [-0.15, -0.1) is 0 Å². The van der Waals surface area contributed by atoms with E-state index in [0.29, 0.717) is 26.2 Å². The standard InChI is InChI=1S/C10H13Cl2N3O2S/c1-14-2-4-15(5-3-14)18(16,17)8-6-9(11)10(12)13-7-8/h6-7H,2-5H2,1H3.